The number of carbonyl (C=O) groups is 1. The van der Waals surface area contributed by atoms with Crippen LogP contribution in [0.15, 0.2) is 18.2 Å². The third kappa shape index (κ3) is 3.13. The molecular formula is C15H20FNO2. The van der Waals surface area contributed by atoms with Gasteiger partial charge in [-0.1, -0.05) is 12.1 Å². The number of likely N-dealkylation sites (tertiary alicyclic amines) is 1. The molecule has 0 amide bonds. The van der Waals surface area contributed by atoms with Gasteiger partial charge in [-0.2, -0.15) is 0 Å². The first-order chi connectivity index (χ1) is 8.99. The summed E-state index contributed by atoms with van der Waals surface area (Å²) in [6, 6.07) is 5.40. The minimum Gasteiger partial charge on any atom is -0.481 e. The van der Waals surface area contributed by atoms with Gasteiger partial charge in [0.1, 0.15) is 5.82 Å². The highest BCUT2D eigenvalue weighted by atomic mass is 19.1. The quantitative estimate of drug-likeness (QED) is 0.913. The number of rotatable bonds is 3. The summed E-state index contributed by atoms with van der Waals surface area (Å²) >= 11 is 0. The highest BCUT2D eigenvalue weighted by molar-refractivity contribution is 5.70. The van der Waals surface area contributed by atoms with Crippen LogP contribution in [0.3, 0.4) is 0 Å². The van der Waals surface area contributed by atoms with Crippen molar-refractivity contribution in [1.29, 1.82) is 0 Å². The van der Waals surface area contributed by atoms with Crippen LogP contribution < -0.4 is 0 Å². The van der Waals surface area contributed by atoms with Gasteiger partial charge in [-0.25, -0.2) is 4.39 Å². The summed E-state index contributed by atoms with van der Waals surface area (Å²) < 4.78 is 13.3. The van der Waals surface area contributed by atoms with E-state index in [0.29, 0.717) is 18.4 Å². The van der Waals surface area contributed by atoms with E-state index in [1.165, 1.54) is 6.07 Å². The van der Waals surface area contributed by atoms with Crippen LogP contribution in [0, 0.1) is 18.7 Å². The van der Waals surface area contributed by atoms with Crippen molar-refractivity contribution in [3.05, 3.63) is 35.1 Å². The monoisotopic (exact) mass is 265 g/mol. The fourth-order valence-electron chi connectivity index (χ4n) is 2.67. The molecule has 19 heavy (non-hydrogen) atoms. The summed E-state index contributed by atoms with van der Waals surface area (Å²) in [6.45, 7) is 5.43. The van der Waals surface area contributed by atoms with Crippen molar-refractivity contribution in [2.75, 3.05) is 13.1 Å². The maximum atomic E-state index is 13.3. The van der Waals surface area contributed by atoms with E-state index in [0.717, 1.165) is 18.7 Å². The Morgan fingerprint density at radius 2 is 2.05 bits per heavy atom. The number of hydrogen-bond donors (Lipinski definition) is 1. The smallest absolute Gasteiger partial charge is 0.306 e. The van der Waals surface area contributed by atoms with Crippen molar-refractivity contribution in [1.82, 2.24) is 4.90 Å². The van der Waals surface area contributed by atoms with Gasteiger partial charge in [-0.3, -0.25) is 9.69 Å². The number of hydrogen-bond acceptors (Lipinski definition) is 2. The Labute approximate surface area is 113 Å². The molecule has 1 N–H and O–H groups in total. The summed E-state index contributed by atoms with van der Waals surface area (Å²) in [5, 5.41) is 8.99. The zero-order chi connectivity index (χ0) is 14.0. The lowest BCUT2D eigenvalue weighted by Crippen LogP contribution is -2.37. The first-order valence-electron chi connectivity index (χ1n) is 6.72. The van der Waals surface area contributed by atoms with Crippen molar-refractivity contribution < 1.29 is 14.3 Å². The van der Waals surface area contributed by atoms with E-state index < -0.39 is 5.97 Å². The molecule has 1 fully saturated rings. The third-order valence-corrected chi connectivity index (χ3v) is 4.09. The molecule has 1 aromatic rings. The Morgan fingerprint density at radius 1 is 1.42 bits per heavy atom. The van der Waals surface area contributed by atoms with E-state index in [-0.39, 0.29) is 17.8 Å². The average molecular weight is 265 g/mol. The predicted octanol–water partition coefficient (Wildman–Crippen LogP) is 2.99. The van der Waals surface area contributed by atoms with Crippen LogP contribution in [0.2, 0.25) is 0 Å². The maximum Gasteiger partial charge on any atom is 0.306 e. The fraction of sp³-hybridized carbons (Fsp3) is 0.533. The SMILES string of the molecule is Cc1cc(C(C)N2CCC(C(=O)O)CC2)ccc1F. The first-order valence-corrected chi connectivity index (χ1v) is 6.72. The number of halogens is 1. The molecule has 2 rings (SSSR count). The maximum absolute atomic E-state index is 13.3. The van der Waals surface area contributed by atoms with Gasteiger partial charge in [-0.05, 0) is 57.0 Å². The van der Waals surface area contributed by atoms with Crippen LogP contribution in [0.25, 0.3) is 0 Å². The largest absolute Gasteiger partial charge is 0.481 e. The van der Waals surface area contributed by atoms with Gasteiger partial charge in [0.25, 0.3) is 0 Å². The summed E-state index contributed by atoms with van der Waals surface area (Å²) in [6.07, 6.45) is 1.39. The molecule has 4 heteroatoms. The molecule has 104 valence electrons. The van der Waals surface area contributed by atoms with Crippen LogP contribution in [0.4, 0.5) is 4.39 Å². The molecule has 0 aromatic heterocycles. The predicted molar refractivity (Wildman–Crippen MR) is 71.5 cm³/mol. The molecule has 0 saturated carbocycles. The number of piperidine rings is 1. The Balaban J connectivity index is 2.02. The molecule has 1 unspecified atom stereocenters. The van der Waals surface area contributed by atoms with E-state index >= 15 is 0 Å². The number of nitrogens with zero attached hydrogens (tertiary/aromatic N) is 1. The highest BCUT2D eigenvalue weighted by Gasteiger charge is 2.27. The second-order valence-corrected chi connectivity index (χ2v) is 5.33. The van der Waals surface area contributed by atoms with Crippen molar-refractivity contribution in [2.24, 2.45) is 5.92 Å². The van der Waals surface area contributed by atoms with Gasteiger partial charge in [0.05, 0.1) is 5.92 Å². The normalized spacial score (nSPS) is 19.3. The Bertz CT molecular complexity index is 467. The Morgan fingerprint density at radius 3 is 2.58 bits per heavy atom. The molecule has 1 aliphatic rings. The molecule has 0 radical (unpaired) electrons. The Kier molecular flexibility index (Phi) is 4.20. The van der Waals surface area contributed by atoms with Gasteiger partial charge in [0.2, 0.25) is 0 Å². The standard InChI is InChI=1S/C15H20FNO2/c1-10-9-13(3-4-14(10)16)11(2)17-7-5-12(6-8-17)15(18)19/h3-4,9,11-12H,5-8H2,1-2H3,(H,18,19). The van der Waals surface area contributed by atoms with E-state index in [1.54, 1.807) is 6.92 Å². The molecular weight excluding hydrogens is 245 g/mol. The Hall–Kier alpha value is -1.42. The number of carboxylic acids is 1. The number of carboxylic acid groups (broad SMARTS) is 1. The lowest BCUT2D eigenvalue weighted by Gasteiger charge is -2.35. The molecule has 0 bridgehead atoms. The van der Waals surface area contributed by atoms with E-state index in [9.17, 15) is 9.18 Å². The van der Waals surface area contributed by atoms with Crippen molar-refractivity contribution in [3.8, 4) is 0 Å². The molecule has 0 spiro atoms. The van der Waals surface area contributed by atoms with Gasteiger partial charge >= 0.3 is 5.97 Å². The summed E-state index contributed by atoms with van der Waals surface area (Å²) in [5.74, 6) is -1.08. The average Bonchev–Trinajstić information content (AvgIpc) is 2.41. The van der Waals surface area contributed by atoms with Crippen LogP contribution in [-0.2, 0) is 4.79 Å². The number of benzene rings is 1. The highest BCUT2D eigenvalue weighted by Crippen LogP contribution is 2.27. The molecule has 1 atom stereocenters. The zero-order valence-corrected chi connectivity index (χ0v) is 11.4. The zero-order valence-electron chi connectivity index (χ0n) is 11.4. The molecule has 1 saturated heterocycles. The van der Waals surface area contributed by atoms with Crippen molar-refractivity contribution in [2.45, 2.75) is 32.7 Å². The summed E-state index contributed by atoms with van der Waals surface area (Å²) in [7, 11) is 0. The molecule has 1 aliphatic heterocycles. The number of aryl methyl sites for hydroxylation is 1. The summed E-state index contributed by atoms with van der Waals surface area (Å²) in [4.78, 5) is 13.2. The lowest BCUT2D eigenvalue weighted by atomic mass is 9.94. The van der Waals surface area contributed by atoms with E-state index in [4.69, 9.17) is 5.11 Å². The van der Waals surface area contributed by atoms with Crippen LogP contribution in [-0.4, -0.2) is 29.1 Å². The van der Waals surface area contributed by atoms with Gasteiger partial charge in [0.15, 0.2) is 0 Å². The number of aliphatic carboxylic acids is 1. The fourth-order valence-corrected chi connectivity index (χ4v) is 2.67. The summed E-state index contributed by atoms with van der Waals surface area (Å²) in [5.41, 5.74) is 1.75. The lowest BCUT2D eigenvalue weighted by molar-refractivity contribution is -0.143. The van der Waals surface area contributed by atoms with Gasteiger partial charge in [0, 0.05) is 6.04 Å². The van der Waals surface area contributed by atoms with Gasteiger partial charge in [-0.15, -0.1) is 0 Å². The topological polar surface area (TPSA) is 40.5 Å². The second-order valence-electron chi connectivity index (χ2n) is 5.33. The van der Waals surface area contributed by atoms with E-state index in [2.05, 4.69) is 11.8 Å². The second kappa shape index (κ2) is 5.70. The van der Waals surface area contributed by atoms with Crippen molar-refractivity contribution >= 4 is 5.97 Å². The van der Waals surface area contributed by atoms with E-state index in [1.807, 2.05) is 12.1 Å². The minimum atomic E-state index is -0.690. The first kappa shape index (κ1) is 14.0. The van der Waals surface area contributed by atoms with Crippen LogP contribution in [0.5, 0.6) is 0 Å². The van der Waals surface area contributed by atoms with Crippen LogP contribution >= 0.6 is 0 Å². The molecule has 1 heterocycles. The molecule has 3 nitrogen and oxygen atoms in total. The molecule has 0 aliphatic carbocycles. The van der Waals surface area contributed by atoms with Crippen LogP contribution in [0.1, 0.15) is 36.9 Å². The van der Waals surface area contributed by atoms with Crippen molar-refractivity contribution in [3.63, 3.8) is 0 Å². The minimum absolute atomic E-state index is 0.180. The van der Waals surface area contributed by atoms with Gasteiger partial charge < -0.3 is 5.11 Å². The molecule has 1 aromatic carbocycles. The third-order valence-electron chi connectivity index (χ3n) is 4.09.